The molecule has 4 rings (SSSR count). The molecule has 0 radical (unpaired) electrons. The summed E-state index contributed by atoms with van der Waals surface area (Å²) in [7, 11) is 0. The van der Waals surface area contributed by atoms with E-state index in [-0.39, 0.29) is 34.0 Å². The maximum atomic E-state index is 2.52. The molecule has 0 aromatic heterocycles. The predicted octanol–water partition coefficient (Wildman–Crippen LogP) is 0.666. The first kappa shape index (κ1) is 22.1. The molecular formula is C22H30Br2Zr. The van der Waals surface area contributed by atoms with Crippen LogP contribution in [0.2, 0.25) is 0 Å². The summed E-state index contributed by atoms with van der Waals surface area (Å²) in [5.74, 6) is 1.85. The fourth-order valence-electron chi connectivity index (χ4n) is 5.07. The molecule has 2 fully saturated rings. The van der Waals surface area contributed by atoms with E-state index in [4.69, 9.17) is 0 Å². The van der Waals surface area contributed by atoms with E-state index in [9.17, 15) is 0 Å². The molecule has 3 heteroatoms. The van der Waals surface area contributed by atoms with Gasteiger partial charge in [0.15, 0.2) is 0 Å². The molecule has 0 nitrogen and oxygen atoms in total. The molecule has 4 aliphatic carbocycles. The zero-order chi connectivity index (χ0) is 15.5. The minimum Gasteiger partial charge on any atom is -1.00 e. The molecular weight excluding hydrogens is 515 g/mol. The van der Waals surface area contributed by atoms with Gasteiger partial charge in [0.1, 0.15) is 0 Å². The Balaban J connectivity index is 0.00000113. The quantitative estimate of drug-likeness (QED) is 0.488. The largest absolute Gasteiger partial charge is 1.00 e. The van der Waals surface area contributed by atoms with Gasteiger partial charge in [0.2, 0.25) is 0 Å². The van der Waals surface area contributed by atoms with Crippen LogP contribution in [0, 0.1) is 11.8 Å². The average Bonchev–Trinajstić information content (AvgIpc) is 3.26. The normalized spacial score (nSPS) is 24.3. The van der Waals surface area contributed by atoms with E-state index in [1.165, 1.54) is 77.0 Å². The monoisotopic (exact) mass is 542 g/mol. The van der Waals surface area contributed by atoms with Crippen molar-refractivity contribution in [3.63, 3.8) is 0 Å². The van der Waals surface area contributed by atoms with E-state index in [0.717, 1.165) is 11.8 Å². The molecule has 0 amide bonds. The van der Waals surface area contributed by atoms with Gasteiger partial charge in [-0.05, 0) is 0 Å². The average molecular weight is 546 g/mol. The van der Waals surface area contributed by atoms with Gasteiger partial charge < -0.3 is 34.0 Å². The fourth-order valence-corrected chi connectivity index (χ4v) is 9.16. The molecule has 0 aliphatic heterocycles. The summed E-state index contributed by atoms with van der Waals surface area (Å²) in [6, 6.07) is 0. The Morgan fingerprint density at radius 2 is 1.00 bits per heavy atom. The van der Waals surface area contributed by atoms with Gasteiger partial charge in [-0.15, -0.1) is 0 Å². The van der Waals surface area contributed by atoms with Crippen LogP contribution < -0.4 is 34.0 Å². The topological polar surface area (TPSA) is 0 Å². The fraction of sp³-hybridized carbons (Fsp3) is 0.636. The summed E-state index contributed by atoms with van der Waals surface area (Å²) < 4.78 is 3.88. The molecule has 0 bridgehead atoms. The molecule has 0 atom stereocenters. The van der Waals surface area contributed by atoms with Gasteiger partial charge in [0.05, 0.1) is 0 Å². The van der Waals surface area contributed by atoms with Crippen LogP contribution in [0.3, 0.4) is 0 Å². The Hall–Kier alpha value is 0.803. The van der Waals surface area contributed by atoms with Crippen molar-refractivity contribution < 1.29 is 57.2 Å². The standard InChI is InChI=1S/2C11H15.2BrH.Zr/c2*1-2-6-10(7-3-1)11-8-4-5-9-11;;;/h2*4,8,10H,1-3,5-7H2;2*1H;/q;;;;+2/p-2. The van der Waals surface area contributed by atoms with E-state index in [1.807, 2.05) is 17.7 Å². The first-order valence-electron chi connectivity index (χ1n) is 9.98. The molecule has 0 spiro atoms. The van der Waals surface area contributed by atoms with Crippen molar-refractivity contribution in [1.29, 1.82) is 0 Å². The van der Waals surface area contributed by atoms with Crippen LogP contribution in [-0.4, -0.2) is 0 Å². The van der Waals surface area contributed by atoms with Crippen molar-refractivity contribution in [2.45, 2.75) is 77.0 Å². The van der Waals surface area contributed by atoms with Crippen LogP contribution in [-0.2, 0) is 23.2 Å². The van der Waals surface area contributed by atoms with Crippen molar-refractivity contribution in [1.82, 2.24) is 0 Å². The molecule has 0 N–H and O–H groups in total. The first-order chi connectivity index (χ1) is 11.4. The van der Waals surface area contributed by atoms with E-state index >= 15 is 0 Å². The second kappa shape index (κ2) is 11.0. The molecule has 0 heterocycles. The van der Waals surface area contributed by atoms with Crippen molar-refractivity contribution in [3.8, 4) is 0 Å². The van der Waals surface area contributed by atoms with Crippen LogP contribution in [0.4, 0.5) is 0 Å². The van der Waals surface area contributed by atoms with Crippen molar-refractivity contribution >= 4 is 0 Å². The molecule has 25 heavy (non-hydrogen) atoms. The summed E-state index contributed by atoms with van der Waals surface area (Å²) in [5.41, 5.74) is 3.64. The maximum absolute atomic E-state index is 2.52. The van der Waals surface area contributed by atoms with Crippen LogP contribution in [0.1, 0.15) is 77.0 Å². The zero-order valence-corrected chi connectivity index (χ0v) is 20.8. The van der Waals surface area contributed by atoms with E-state index < -0.39 is 23.2 Å². The zero-order valence-electron chi connectivity index (χ0n) is 15.2. The van der Waals surface area contributed by atoms with Gasteiger partial charge in [-0.25, -0.2) is 0 Å². The van der Waals surface area contributed by atoms with E-state index in [0.29, 0.717) is 0 Å². The molecule has 136 valence electrons. The number of halogens is 2. The van der Waals surface area contributed by atoms with Crippen LogP contribution >= 0.6 is 0 Å². The van der Waals surface area contributed by atoms with Crippen molar-refractivity contribution in [2.75, 3.05) is 0 Å². The second-order valence-corrected chi connectivity index (χ2v) is 11.5. The Bertz CT molecular complexity index is 509. The van der Waals surface area contributed by atoms with Gasteiger partial charge in [-0.1, -0.05) is 0 Å². The molecule has 4 aliphatic rings. The Morgan fingerprint density at radius 3 is 1.40 bits per heavy atom. The maximum Gasteiger partial charge on any atom is -1.00 e. The summed E-state index contributed by atoms with van der Waals surface area (Å²) in [6.07, 6.45) is 27.3. The number of rotatable bonds is 4. The third-order valence-corrected chi connectivity index (χ3v) is 10.2. The molecule has 0 saturated heterocycles. The van der Waals surface area contributed by atoms with E-state index in [2.05, 4.69) is 24.3 Å². The second-order valence-electron chi connectivity index (χ2n) is 7.88. The smallest absolute Gasteiger partial charge is 1.00 e. The first-order valence-corrected chi connectivity index (χ1v) is 12.4. The van der Waals surface area contributed by atoms with Gasteiger partial charge >= 0.3 is 154 Å². The van der Waals surface area contributed by atoms with Crippen LogP contribution in [0.25, 0.3) is 0 Å². The van der Waals surface area contributed by atoms with Crippen LogP contribution in [0.15, 0.2) is 42.0 Å². The minimum atomic E-state index is -0.514. The van der Waals surface area contributed by atoms with E-state index in [1.54, 1.807) is 0 Å². The summed E-state index contributed by atoms with van der Waals surface area (Å²) in [6.45, 7) is 0. The number of hydrogen-bond acceptors (Lipinski definition) is 0. The van der Waals surface area contributed by atoms with Gasteiger partial charge in [0.25, 0.3) is 0 Å². The van der Waals surface area contributed by atoms with Gasteiger partial charge in [-0.2, -0.15) is 0 Å². The summed E-state index contributed by atoms with van der Waals surface area (Å²) >= 11 is -0.514. The summed E-state index contributed by atoms with van der Waals surface area (Å²) in [4.78, 5) is 0. The Kier molecular flexibility index (Phi) is 9.69. The SMILES string of the molecule is C1=CC(C2CCCCC2)=[C]([Zr+2][C]2=C(C3CCCCC3)C=CC2)C1.[Br-].[Br-]. The third kappa shape index (κ3) is 5.42. The van der Waals surface area contributed by atoms with Gasteiger partial charge in [-0.3, -0.25) is 0 Å². The van der Waals surface area contributed by atoms with Crippen molar-refractivity contribution in [3.05, 3.63) is 42.0 Å². The molecule has 0 aromatic rings. The van der Waals surface area contributed by atoms with Crippen LogP contribution in [0.5, 0.6) is 0 Å². The van der Waals surface area contributed by atoms with Crippen molar-refractivity contribution in [2.24, 2.45) is 11.8 Å². The Morgan fingerprint density at radius 1 is 0.600 bits per heavy atom. The molecule has 0 unspecified atom stereocenters. The summed E-state index contributed by atoms with van der Waals surface area (Å²) in [5, 5.41) is 0. The predicted molar refractivity (Wildman–Crippen MR) is 94.7 cm³/mol. The number of hydrogen-bond donors (Lipinski definition) is 0. The minimum absolute atomic E-state index is 0. The number of allylic oxidation sites excluding steroid dienone is 8. The molecule has 0 aromatic carbocycles. The third-order valence-electron chi connectivity index (χ3n) is 6.33. The van der Waals surface area contributed by atoms with Gasteiger partial charge in [0, 0.05) is 0 Å². The Labute approximate surface area is 186 Å². The molecule has 2 saturated carbocycles.